The van der Waals surface area contributed by atoms with Crippen molar-refractivity contribution in [1.29, 1.82) is 0 Å². The molecule has 0 radical (unpaired) electrons. The number of carbonyl (C=O) groups excluding carboxylic acids is 1. The van der Waals surface area contributed by atoms with Crippen LogP contribution < -0.4 is 10.2 Å². The number of para-hydroxylation sites is 1. The van der Waals surface area contributed by atoms with Crippen LogP contribution in [0.5, 0.6) is 0 Å². The van der Waals surface area contributed by atoms with Gasteiger partial charge in [0.2, 0.25) is 9.84 Å². The Balaban J connectivity index is 1.68. The summed E-state index contributed by atoms with van der Waals surface area (Å²) >= 11 is 0. The molecule has 0 aliphatic carbocycles. The summed E-state index contributed by atoms with van der Waals surface area (Å²) in [7, 11) is -4.67. The molecule has 1 aliphatic rings. The van der Waals surface area contributed by atoms with Crippen molar-refractivity contribution in [1.82, 2.24) is 5.32 Å². The number of halogens is 2. The van der Waals surface area contributed by atoms with Crippen LogP contribution in [0.25, 0.3) is 0 Å². The molecule has 0 saturated carbocycles. The average Bonchev–Trinajstić information content (AvgIpc) is 2.68. The van der Waals surface area contributed by atoms with E-state index in [4.69, 9.17) is 0 Å². The van der Waals surface area contributed by atoms with Gasteiger partial charge in [-0.3, -0.25) is 4.79 Å². The molecule has 0 atom stereocenters. The van der Waals surface area contributed by atoms with Crippen molar-refractivity contribution in [2.45, 2.75) is 36.5 Å². The molecule has 1 amide bonds. The summed E-state index contributed by atoms with van der Waals surface area (Å²) < 4.78 is 49.9. The normalized spacial score (nSPS) is 15.6. The van der Waals surface area contributed by atoms with Gasteiger partial charge in [-0.25, -0.2) is 8.42 Å². The number of rotatable bonds is 5. The molecule has 0 spiro atoms. The summed E-state index contributed by atoms with van der Waals surface area (Å²) in [6.07, 6.45) is 1.20. The smallest absolute Gasteiger partial charge is 0.341 e. The Morgan fingerprint density at radius 3 is 2.32 bits per heavy atom. The average molecular weight is 408 g/mol. The molecule has 0 bridgehead atoms. The number of amides is 1. The quantitative estimate of drug-likeness (QED) is 0.824. The van der Waals surface area contributed by atoms with Gasteiger partial charge >= 0.3 is 5.76 Å². The lowest BCUT2D eigenvalue weighted by Crippen LogP contribution is -2.45. The summed E-state index contributed by atoms with van der Waals surface area (Å²) in [5.41, 5.74) is 1.80. The molecule has 150 valence electrons. The molecule has 0 aromatic heterocycles. The van der Waals surface area contributed by atoms with Crippen LogP contribution in [0.2, 0.25) is 0 Å². The Kier molecular flexibility index (Phi) is 5.98. The molecule has 5 nitrogen and oxygen atoms in total. The van der Waals surface area contributed by atoms with Crippen molar-refractivity contribution in [2.24, 2.45) is 0 Å². The lowest BCUT2D eigenvalue weighted by atomic mass is 10.0. The second-order valence-corrected chi connectivity index (χ2v) is 8.71. The van der Waals surface area contributed by atoms with E-state index in [-0.39, 0.29) is 22.5 Å². The molecule has 8 heteroatoms. The van der Waals surface area contributed by atoms with Crippen molar-refractivity contribution in [3.05, 3.63) is 59.7 Å². The van der Waals surface area contributed by atoms with Crippen molar-refractivity contribution in [2.75, 3.05) is 18.0 Å². The van der Waals surface area contributed by atoms with Crippen LogP contribution in [0.3, 0.4) is 0 Å². The van der Waals surface area contributed by atoms with Gasteiger partial charge < -0.3 is 10.2 Å². The highest BCUT2D eigenvalue weighted by Crippen LogP contribution is 2.31. The molecule has 2 aromatic carbocycles. The Bertz CT molecular complexity index is 955. The van der Waals surface area contributed by atoms with Crippen LogP contribution >= 0.6 is 0 Å². The zero-order chi connectivity index (χ0) is 20.3. The monoisotopic (exact) mass is 408 g/mol. The third kappa shape index (κ3) is 4.16. The largest absolute Gasteiger partial charge is 0.370 e. The Morgan fingerprint density at radius 2 is 1.68 bits per heavy atom. The minimum atomic E-state index is -4.67. The predicted octanol–water partition coefficient (Wildman–Crippen LogP) is 3.39. The number of aryl methyl sites for hydroxylation is 1. The van der Waals surface area contributed by atoms with E-state index in [1.165, 1.54) is 12.1 Å². The van der Waals surface area contributed by atoms with E-state index in [0.717, 1.165) is 5.56 Å². The lowest BCUT2D eigenvalue weighted by molar-refractivity contribution is 0.0930. The first-order chi connectivity index (χ1) is 13.3. The first-order valence-corrected chi connectivity index (χ1v) is 10.6. The third-order valence-corrected chi connectivity index (χ3v) is 6.39. The summed E-state index contributed by atoms with van der Waals surface area (Å²) in [6.45, 7) is 2.81. The number of nitrogens with one attached hydrogen (secondary N) is 1. The van der Waals surface area contributed by atoms with Gasteiger partial charge in [0.15, 0.2) is 0 Å². The van der Waals surface area contributed by atoms with Gasteiger partial charge in [0.1, 0.15) is 0 Å². The topological polar surface area (TPSA) is 66.5 Å². The zero-order valence-electron chi connectivity index (χ0n) is 15.4. The fraction of sp³-hybridized carbons (Fsp3) is 0.350. The van der Waals surface area contributed by atoms with Gasteiger partial charge in [0.05, 0.1) is 10.6 Å². The minimum Gasteiger partial charge on any atom is -0.370 e. The standard InChI is InChI=1S/C20H22F2N2O3S/c1-14-6-2-3-7-16(14)19(25)23-15-10-12-24(13-11-15)17-8-4-5-9-18(17)28(26,27)20(21)22/h2-9,15,20H,10-13H2,1H3,(H,23,25). The van der Waals surface area contributed by atoms with Crippen molar-refractivity contribution in [3.63, 3.8) is 0 Å². The van der Waals surface area contributed by atoms with Crippen molar-refractivity contribution in [3.8, 4) is 0 Å². The third-order valence-electron chi connectivity index (χ3n) is 4.97. The maximum absolute atomic E-state index is 13.0. The maximum atomic E-state index is 13.0. The van der Waals surface area contributed by atoms with Crippen LogP contribution in [0.15, 0.2) is 53.4 Å². The van der Waals surface area contributed by atoms with Gasteiger partial charge in [0, 0.05) is 24.7 Å². The van der Waals surface area contributed by atoms with Crippen LogP contribution in [0.1, 0.15) is 28.8 Å². The summed E-state index contributed by atoms with van der Waals surface area (Å²) in [5.74, 6) is -3.60. The lowest BCUT2D eigenvalue weighted by Gasteiger charge is -2.35. The Morgan fingerprint density at radius 1 is 1.07 bits per heavy atom. The fourth-order valence-electron chi connectivity index (χ4n) is 3.41. The van der Waals surface area contributed by atoms with E-state index in [2.05, 4.69) is 5.32 Å². The van der Waals surface area contributed by atoms with Gasteiger partial charge in [-0.2, -0.15) is 8.78 Å². The molecule has 3 rings (SSSR count). The maximum Gasteiger partial charge on any atom is 0.341 e. The fourth-order valence-corrected chi connectivity index (χ4v) is 4.36. The van der Waals surface area contributed by atoms with Gasteiger partial charge in [-0.05, 0) is 43.5 Å². The summed E-state index contributed by atoms with van der Waals surface area (Å²) in [4.78, 5) is 13.9. The van der Waals surface area contributed by atoms with E-state index in [1.54, 1.807) is 23.1 Å². The van der Waals surface area contributed by atoms with Gasteiger partial charge in [0.25, 0.3) is 5.91 Å². The number of hydrogen-bond acceptors (Lipinski definition) is 4. The van der Waals surface area contributed by atoms with Crippen molar-refractivity contribution < 1.29 is 22.0 Å². The molecular formula is C20H22F2N2O3S. The summed E-state index contributed by atoms with van der Waals surface area (Å²) in [5, 5.41) is 3.01. The van der Waals surface area contributed by atoms with E-state index < -0.39 is 15.6 Å². The van der Waals surface area contributed by atoms with E-state index >= 15 is 0 Å². The van der Waals surface area contributed by atoms with E-state index in [0.29, 0.717) is 31.5 Å². The van der Waals surface area contributed by atoms with Crippen molar-refractivity contribution >= 4 is 21.4 Å². The number of nitrogens with zero attached hydrogens (tertiary/aromatic N) is 1. The molecule has 1 N–H and O–H groups in total. The second kappa shape index (κ2) is 8.26. The SMILES string of the molecule is Cc1ccccc1C(=O)NC1CCN(c2ccccc2S(=O)(=O)C(F)F)CC1. The first kappa shape index (κ1) is 20.3. The number of benzene rings is 2. The molecule has 0 unspecified atom stereocenters. The number of anilines is 1. The van der Waals surface area contributed by atoms with Crippen LogP contribution in [-0.2, 0) is 9.84 Å². The van der Waals surface area contributed by atoms with E-state index in [1.807, 2.05) is 25.1 Å². The number of hydrogen-bond donors (Lipinski definition) is 1. The molecule has 1 heterocycles. The second-order valence-electron chi connectivity index (χ2n) is 6.82. The summed E-state index contributed by atoms with van der Waals surface area (Å²) in [6, 6.07) is 13.1. The number of alkyl halides is 2. The van der Waals surface area contributed by atoms with Gasteiger partial charge in [-0.1, -0.05) is 30.3 Å². The zero-order valence-corrected chi connectivity index (χ0v) is 16.3. The number of carbonyl (C=O) groups is 1. The molecule has 1 fully saturated rings. The van der Waals surface area contributed by atoms with Crippen LogP contribution in [0.4, 0.5) is 14.5 Å². The molecule has 1 saturated heterocycles. The highest BCUT2D eigenvalue weighted by atomic mass is 32.2. The van der Waals surface area contributed by atoms with Crippen LogP contribution in [-0.4, -0.2) is 39.2 Å². The molecule has 1 aliphatic heterocycles. The number of piperidine rings is 1. The molecular weight excluding hydrogens is 386 g/mol. The Labute approximate surface area is 163 Å². The van der Waals surface area contributed by atoms with E-state index in [9.17, 15) is 22.0 Å². The first-order valence-electron chi connectivity index (χ1n) is 9.03. The van der Waals surface area contributed by atoms with Gasteiger partial charge in [-0.15, -0.1) is 0 Å². The Hall–Kier alpha value is -2.48. The predicted molar refractivity (Wildman–Crippen MR) is 104 cm³/mol. The highest BCUT2D eigenvalue weighted by molar-refractivity contribution is 7.91. The number of sulfone groups is 1. The molecule has 2 aromatic rings. The van der Waals surface area contributed by atoms with Crippen LogP contribution in [0, 0.1) is 6.92 Å². The minimum absolute atomic E-state index is 0.0535. The molecule has 28 heavy (non-hydrogen) atoms. The highest BCUT2D eigenvalue weighted by Gasteiger charge is 2.31.